The van der Waals surface area contributed by atoms with Crippen LogP contribution in [0.2, 0.25) is 10.0 Å². The van der Waals surface area contributed by atoms with Crippen molar-refractivity contribution in [2.45, 2.75) is 13.3 Å². The fourth-order valence-electron chi connectivity index (χ4n) is 1.95. The molecule has 1 atom stereocenters. The average molecular weight is 288 g/mol. The fourth-order valence-corrected chi connectivity index (χ4v) is 2.44. The van der Waals surface area contributed by atoms with Gasteiger partial charge in [-0.05, 0) is 24.6 Å². The van der Waals surface area contributed by atoms with E-state index < -0.39 is 11.9 Å². The highest BCUT2D eigenvalue weighted by atomic mass is 35.5. The smallest absolute Gasteiger partial charge is 0.308 e. The molecule has 6 heteroatoms. The van der Waals surface area contributed by atoms with Crippen LogP contribution >= 0.6 is 23.2 Å². The molecule has 1 N–H and O–H groups in total. The van der Waals surface area contributed by atoms with Crippen molar-refractivity contribution >= 4 is 40.8 Å². The van der Waals surface area contributed by atoms with Gasteiger partial charge in [-0.1, -0.05) is 23.2 Å². The third-order valence-electron chi connectivity index (χ3n) is 2.99. The molecule has 1 saturated heterocycles. The molecule has 1 unspecified atom stereocenters. The highest BCUT2D eigenvalue weighted by Crippen LogP contribution is 2.35. The molecule has 0 spiro atoms. The lowest BCUT2D eigenvalue weighted by Crippen LogP contribution is -2.26. The van der Waals surface area contributed by atoms with E-state index in [1.54, 1.807) is 19.1 Å². The van der Waals surface area contributed by atoms with Gasteiger partial charge in [0.25, 0.3) is 0 Å². The van der Waals surface area contributed by atoms with Crippen molar-refractivity contribution in [3.05, 3.63) is 27.7 Å². The van der Waals surface area contributed by atoms with Crippen molar-refractivity contribution in [1.82, 2.24) is 0 Å². The summed E-state index contributed by atoms with van der Waals surface area (Å²) in [5.41, 5.74) is 1.31. The number of benzene rings is 1. The molecule has 1 fully saturated rings. The molecular weight excluding hydrogens is 277 g/mol. The van der Waals surface area contributed by atoms with E-state index in [0.29, 0.717) is 15.7 Å². The highest BCUT2D eigenvalue weighted by molar-refractivity contribution is 6.37. The zero-order chi connectivity index (χ0) is 13.4. The number of hydrogen-bond donors (Lipinski definition) is 1. The van der Waals surface area contributed by atoms with Gasteiger partial charge >= 0.3 is 5.97 Å². The van der Waals surface area contributed by atoms with Crippen LogP contribution in [0.5, 0.6) is 0 Å². The lowest BCUT2D eigenvalue weighted by Gasteiger charge is -2.18. The van der Waals surface area contributed by atoms with Gasteiger partial charge in [0.15, 0.2) is 0 Å². The van der Waals surface area contributed by atoms with Gasteiger partial charge in [-0.3, -0.25) is 9.59 Å². The van der Waals surface area contributed by atoms with Crippen molar-refractivity contribution in [3.8, 4) is 0 Å². The Morgan fingerprint density at radius 1 is 1.39 bits per heavy atom. The summed E-state index contributed by atoms with van der Waals surface area (Å²) in [6.45, 7) is 1.95. The van der Waals surface area contributed by atoms with E-state index in [2.05, 4.69) is 0 Å². The third kappa shape index (κ3) is 2.31. The number of carboxylic acid groups (broad SMARTS) is 1. The van der Waals surface area contributed by atoms with E-state index in [1.807, 2.05) is 0 Å². The number of aryl methyl sites for hydroxylation is 1. The molecule has 0 aliphatic carbocycles. The quantitative estimate of drug-likeness (QED) is 0.910. The summed E-state index contributed by atoms with van der Waals surface area (Å²) in [6.07, 6.45) is 0.00728. The Bertz CT molecular complexity index is 530. The maximum Gasteiger partial charge on any atom is 0.308 e. The number of carbonyl (C=O) groups is 2. The Hall–Kier alpha value is -1.26. The van der Waals surface area contributed by atoms with Crippen molar-refractivity contribution in [2.75, 3.05) is 11.4 Å². The van der Waals surface area contributed by atoms with E-state index in [1.165, 1.54) is 4.90 Å². The zero-order valence-electron chi connectivity index (χ0n) is 9.61. The van der Waals surface area contributed by atoms with Crippen LogP contribution in [0.25, 0.3) is 0 Å². The zero-order valence-corrected chi connectivity index (χ0v) is 11.1. The summed E-state index contributed by atoms with van der Waals surface area (Å²) in [4.78, 5) is 24.1. The summed E-state index contributed by atoms with van der Waals surface area (Å²) in [5.74, 6) is -1.87. The van der Waals surface area contributed by atoms with E-state index >= 15 is 0 Å². The Morgan fingerprint density at radius 2 is 2.06 bits per heavy atom. The minimum absolute atomic E-state index is 0.00728. The summed E-state index contributed by atoms with van der Waals surface area (Å²) >= 11 is 12.0. The number of carbonyl (C=O) groups excluding carboxylic acids is 1. The van der Waals surface area contributed by atoms with Crippen LogP contribution < -0.4 is 4.90 Å². The van der Waals surface area contributed by atoms with Crippen LogP contribution in [0.15, 0.2) is 12.1 Å². The van der Waals surface area contributed by atoms with E-state index in [-0.39, 0.29) is 18.9 Å². The number of rotatable bonds is 2. The lowest BCUT2D eigenvalue weighted by molar-refractivity contribution is -0.141. The normalized spacial score (nSPS) is 19.4. The number of amides is 1. The largest absolute Gasteiger partial charge is 0.481 e. The van der Waals surface area contributed by atoms with Crippen molar-refractivity contribution in [2.24, 2.45) is 5.92 Å². The summed E-state index contributed by atoms with van der Waals surface area (Å²) in [6, 6.07) is 3.27. The van der Waals surface area contributed by atoms with Crippen LogP contribution in [-0.2, 0) is 9.59 Å². The minimum Gasteiger partial charge on any atom is -0.481 e. The van der Waals surface area contributed by atoms with Gasteiger partial charge in [0.05, 0.1) is 16.6 Å². The van der Waals surface area contributed by atoms with E-state index in [0.717, 1.165) is 5.56 Å². The number of anilines is 1. The predicted octanol–water partition coefficient (Wildman–Crippen LogP) is 2.74. The van der Waals surface area contributed by atoms with Crippen molar-refractivity contribution in [3.63, 3.8) is 0 Å². The number of carboxylic acids is 1. The van der Waals surface area contributed by atoms with Crippen LogP contribution in [-0.4, -0.2) is 23.5 Å². The molecule has 1 amide bonds. The first kappa shape index (κ1) is 13.2. The fraction of sp³-hybridized carbons (Fsp3) is 0.333. The second-order valence-corrected chi connectivity index (χ2v) is 5.11. The first-order valence-corrected chi connectivity index (χ1v) is 6.14. The molecule has 0 bridgehead atoms. The first-order valence-electron chi connectivity index (χ1n) is 5.39. The minimum atomic E-state index is -0.965. The number of hydrogen-bond acceptors (Lipinski definition) is 2. The maximum atomic E-state index is 11.8. The van der Waals surface area contributed by atoms with Crippen LogP contribution in [0.1, 0.15) is 12.0 Å². The van der Waals surface area contributed by atoms with Gasteiger partial charge in [0.2, 0.25) is 5.91 Å². The predicted molar refractivity (Wildman–Crippen MR) is 69.3 cm³/mol. The highest BCUT2D eigenvalue weighted by Gasteiger charge is 2.35. The lowest BCUT2D eigenvalue weighted by atomic mass is 10.1. The van der Waals surface area contributed by atoms with Crippen LogP contribution in [0.4, 0.5) is 5.69 Å². The first-order chi connectivity index (χ1) is 8.40. The van der Waals surface area contributed by atoms with E-state index in [4.69, 9.17) is 28.3 Å². The topological polar surface area (TPSA) is 57.6 Å². The van der Waals surface area contributed by atoms with Gasteiger partial charge in [0, 0.05) is 18.0 Å². The summed E-state index contributed by atoms with van der Waals surface area (Å²) in [7, 11) is 0. The molecule has 1 heterocycles. The molecule has 2 rings (SSSR count). The number of halogens is 2. The Morgan fingerprint density at radius 3 is 2.61 bits per heavy atom. The molecule has 1 aliphatic heterocycles. The standard InChI is InChI=1S/C12H11Cl2NO3/c1-6-2-10(9(14)4-8(6)13)15-5-7(12(17)18)3-11(15)16/h2,4,7H,3,5H2,1H3,(H,17,18). The molecule has 18 heavy (non-hydrogen) atoms. The van der Waals surface area contributed by atoms with Crippen LogP contribution in [0.3, 0.4) is 0 Å². The molecule has 1 aromatic rings. The Kier molecular flexibility index (Phi) is 3.50. The van der Waals surface area contributed by atoms with Gasteiger partial charge in [-0.15, -0.1) is 0 Å². The third-order valence-corrected chi connectivity index (χ3v) is 3.70. The molecule has 0 radical (unpaired) electrons. The van der Waals surface area contributed by atoms with Crippen molar-refractivity contribution < 1.29 is 14.7 Å². The molecule has 1 aromatic carbocycles. The molecular formula is C12H11Cl2NO3. The van der Waals surface area contributed by atoms with Crippen molar-refractivity contribution in [1.29, 1.82) is 0 Å². The number of nitrogens with zero attached hydrogens (tertiary/aromatic N) is 1. The van der Waals surface area contributed by atoms with Gasteiger partial charge < -0.3 is 10.0 Å². The van der Waals surface area contributed by atoms with E-state index in [9.17, 15) is 9.59 Å². The van der Waals surface area contributed by atoms with Gasteiger partial charge in [-0.25, -0.2) is 0 Å². The van der Waals surface area contributed by atoms with Gasteiger partial charge in [-0.2, -0.15) is 0 Å². The van der Waals surface area contributed by atoms with Gasteiger partial charge in [0.1, 0.15) is 0 Å². The molecule has 0 aromatic heterocycles. The number of aliphatic carboxylic acids is 1. The Labute approximate surface area is 114 Å². The molecule has 96 valence electrons. The molecule has 4 nitrogen and oxygen atoms in total. The average Bonchev–Trinajstić information content (AvgIpc) is 2.66. The second-order valence-electron chi connectivity index (χ2n) is 4.30. The maximum absolute atomic E-state index is 11.8. The summed E-state index contributed by atoms with van der Waals surface area (Å²) in [5, 5.41) is 9.80. The monoisotopic (exact) mass is 287 g/mol. The second kappa shape index (κ2) is 4.78. The SMILES string of the molecule is Cc1cc(N2CC(C(=O)O)CC2=O)c(Cl)cc1Cl. The van der Waals surface area contributed by atoms with Crippen LogP contribution in [0, 0.1) is 12.8 Å². The molecule has 1 aliphatic rings. The Balaban J connectivity index is 2.35. The summed E-state index contributed by atoms with van der Waals surface area (Å²) < 4.78 is 0. The molecule has 0 saturated carbocycles.